The Bertz CT molecular complexity index is 311. The standard InChI is InChI=1S/C12H20N2O4/c15-10(7-9-3-1-2-4-9)14-8-11(16)13-6-5-12(17)18/h9H,1-8H2,(H,13,16)(H,14,15)(H,17,18). The Morgan fingerprint density at radius 3 is 2.33 bits per heavy atom. The van der Waals surface area contributed by atoms with Gasteiger partial charge in [-0.15, -0.1) is 0 Å². The van der Waals surface area contributed by atoms with E-state index in [-0.39, 0.29) is 31.3 Å². The summed E-state index contributed by atoms with van der Waals surface area (Å²) >= 11 is 0. The van der Waals surface area contributed by atoms with Crippen molar-refractivity contribution in [2.24, 2.45) is 5.92 Å². The van der Waals surface area contributed by atoms with Gasteiger partial charge in [-0.1, -0.05) is 12.8 Å². The Balaban J connectivity index is 2.05. The van der Waals surface area contributed by atoms with E-state index in [1.54, 1.807) is 0 Å². The van der Waals surface area contributed by atoms with Gasteiger partial charge in [0.25, 0.3) is 0 Å². The van der Waals surface area contributed by atoms with E-state index in [9.17, 15) is 14.4 Å². The Morgan fingerprint density at radius 1 is 1.06 bits per heavy atom. The molecule has 1 aliphatic carbocycles. The van der Waals surface area contributed by atoms with E-state index in [0.717, 1.165) is 12.8 Å². The predicted octanol–water partition coefficient (Wildman–Crippen LogP) is 0.274. The average molecular weight is 256 g/mol. The monoisotopic (exact) mass is 256 g/mol. The molecular weight excluding hydrogens is 236 g/mol. The maximum atomic E-state index is 11.5. The molecule has 6 heteroatoms. The zero-order valence-electron chi connectivity index (χ0n) is 10.4. The molecule has 102 valence electrons. The van der Waals surface area contributed by atoms with Crippen LogP contribution >= 0.6 is 0 Å². The number of carbonyl (C=O) groups excluding carboxylic acids is 2. The number of amides is 2. The lowest BCUT2D eigenvalue weighted by atomic mass is 10.0. The molecule has 1 saturated carbocycles. The highest BCUT2D eigenvalue weighted by Gasteiger charge is 2.18. The molecule has 1 rings (SSSR count). The van der Waals surface area contributed by atoms with Crippen LogP contribution in [0.2, 0.25) is 0 Å². The van der Waals surface area contributed by atoms with Crippen molar-refractivity contribution in [3.8, 4) is 0 Å². The summed E-state index contributed by atoms with van der Waals surface area (Å²) < 4.78 is 0. The summed E-state index contributed by atoms with van der Waals surface area (Å²) in [5.74, 6) is -0.952. The number of carboxylic acid groups (broad SMARTS) is 1. The first-order chi connectivity index (χ1) is 8.58. The van der Waals surface area contributed by atoms with Crippen LogP contribution in [0.1, 0.15) is 38.5 Å². The third kappa shape index (κ3) is 6.22. The lowest BCUT2D eigenvalue weighted by Crippen LogP contribution is -2.38. The van der Waals surface area contributed by atoms with E-state index in [4.69, 9.17) is 5.11 Å². The van der Waals surface area contributed by atoms with Gasteiger partial charge in [-0.25, -0.2) is 0 Å². The highest BCUT2D eigenvalue weighted by molar-refractivity contribution is 5.84. The predicted molar refractivity (Wildman–Crippen MR) is 64.8 cm³/mol. The molecule has 1 aliphatic rings. The van der Waals surface area contributed by atoms with Crippen LogP contribution in [0.25, 0.3) is 0 Å². The van der Waals surface area contributed by atoms with Gasteiger partial charge < -0.3 is 15.7 Å². The van der Waals surface area contributed by atoms with Gasteiger partial charge in [0.05, 0.1) is 13.0 Å². The molecule has 0 heterocycles. The zero-order chi connectivity index (χ0) is 13.4. The second-order valence-corrected chi connectivity index (χ2v) is 4.63. The topological polar surface area (TPSA) is 95.5 Å². The Morgan fingerprint density at radius 2 is 1.72 bits per heavy atom. The minimum absolute atomic E-state index is 0.0782. The molecule has 2 amide bonds. The summed E-state index contributed by atoms with van der Waals surface area (Å²) in [4.78, 5) is 33.0. The highest BCUT2D eigenvalue weighted by Crippen LogP contribution is 2.27. The molecule has 1 fully saturated rings. The molecule has 0 radical (unpaired) electrons. The van der Waals surface area contributed by atoms with Crippen LogP contribution in [-0.2, 0) is 14.4 Å². The number of nitrogens with one attached hydrogen (secondary N) is 2. The van der Waals surface area contributed by atoms with Crippen LogP contribution in [0.5, 0.6) is 0 Å². The van der Waals surface area contributed by atoms with Crippen molar-refractivity contribution in [3.63, 3.8) is 0 Å². The van der Waals surface area contributed by atoms with Crippen molar-refractivity contribution in [1.29, 1.82) is 0 Å². The Labute approximate surface area is 106 Å². The van der Waals surface area contributed by atoms with Crippen molar-refractivity contribution in [2.45, 2.75) is 38.5 Å². The first kappa shape index (κ1) is 14.5. The van der Waals surface area contributed by atoms with Crippen molar-refractivity contribution in [1.82, 2.24) is 10.6 Å². The molecule has 0 saturated heterocycles. The molecule has 6 nitrogen and oxygen atoms in total. The average Bonchev–Trinajstić information content (AvgIpc) is 2.78. The molecule has 0 bridgehead atoms. The van der Waals surface area contributed by atoms with Gasteiger partial charge in [-0.2, -0.15) is 0 Å². The summed E-state index contributed by atoms with van der Waals surface area (Å²) in [6.07, 6.45) is 4.95. The van der Waals surface area contributed by atoms with Crippen LogP contribution in [0, 0.1) is 5.92 Å². The van der Waals surface area contributed by atoms with Crippen LogP contribution < -0.4 is 10.6 Å². The number of carboxylic acids is 1. The number of hydrogen-bond donors (Lipinski definition) is 3. The van der Waals surface area contributed by atoms with Crippen molar-refractivity contribution in [3.05, 3.63) is 0 Å². The zero-order valence-corrected chi connectivity index (χ0v) is 10.4. The van der Waals surface area contributed by atoms with Crippen molar-refractivity contribution >= 4 is 17.8 Å². The fourth-order valence-corrected chi connectivity index (χ4v) is 2.10. The van der Waals surface area contributed by atoms with Gasteiger partial charge in [-0.3, -0.25) is 14.4 Å². The maximum Gasteiger partial charge on any atom is 0.305 e. The number of carbonyl (C=O) groups is 3. The summed E-state index contributed by atoms with van der Waals surface area (Å²) in [6, 6.07) is 0. The van der Waals surface area contributed by atoms with Crippen LogP contribution in [0.15, 0.2) is 0 Å². The third-order valence-corrected chi connectivity index (χ3v) is 3.06. The maximum absolute atomic E-state index is 11.5. The van der Waals surface area contributed by atoms with E-state index < -0.39 is 5.97 Å². The van der Waals surface area contributed by atoms with E-state index in [1.165, 1.54) is 12.8 Å². The minimum atomic E-state index is -0.958. The molecule has 0 atom stereocenters. The first-order valence-electron chi connectivity index (χ1n) is 6.33. The van der Waals surface area contributed by atoms with Crippen molar-refractivity contribution in [2.75, 3.05) is 13.1 Å². The highest BCUT2D eigenvalue weighted by atomic mass is 16.4. The smallest absolute Gasteiger partial charge is 0.305 e. The summed E-state index contributed by atoms with van der Waals surface area (Å²) in [5.41, 5.74) is 0. The van der Waals surface area contributed by atoms with Gasteiger partial charge >= 0.3 is 5.97 Å². The van der Waals surface area contributed by atoms with E-state index in [2.05, 4.69) is 10.6 Å². The molecule has 0 aromatic rings. The van der Waals surface area contributed by atoms with Crippen molar-refractivity contribution < 1.29 is 19.5 Å². The summed E-state index contributed by atoms with van der Waals surface area (Å²) in [6.45, 7) is 0.0117. The number of hydrogen-bond acceptors (Lipinski definition) is 3. The SMILES string of the molecule is O=C(O)CCNC(=O)CNC(=O)CC1CCCC1. The van der Waals surface area contributed by atoms with Gasteiger partial charge in [0.15, 0.2) is 0 Å². The number of rotatable bonds is 7. The first-order valence-corrected chi connectivity index (χ1v) is 6.33. The second-order valence-electron chi connectivity index (χ2n) is 4.63. The largest absolute Gasteiger partial charge is 0.481 e. The quantitative estimate of drug-likeness (QED) is 0.609. The molecular formula is C12H20N2O4. The lowest BCUT2D eigenvalue weighted by molar-refractivity contribution is -0.137. The fraction of sp³-hybridized carbons (Fsp3) is 0.750. The van der Waals surface area contributed by atoms with Gasteiger partial charge in [0.1, 0.15) is 0 Å². The van der Waals surface area contributed by atoms with Crippen LogP contribution in [-0.4, -0.2) is 36.0 Å². The molecule has 0 aromatic heterocycles. The van der Waals surface area contributed by atoms with E-state index in [0.29, 0.717) is 12.3 Å². The third-order valence-electron chi connectivity index (χ3n) is 3.06. The molecule has 3 N–H and O–H groups in total. The lowest BCUT2D eigenvalue weighted by Gasteiger charge is -2.09. The van der Waals surface area contributed by atoms with E-state index in [1.807, 2.05) is 0 Å². The van der Waals surface area contributed by atoms with Crippen LogP contribution in [0.3, 0.4) is 0 Å². The summed E-state index contributed by atoms with van der Waals surface area (Å²) in [7, 11) is 0. The number of aliphatic carboxylic acids is 1. The molecule has 0 aliphatic heterocycles. The van der Waals surface area contributed by atoms with Crippen LogP contribution in [0.4, 0.5) is 0 Å². The fourth-order valence-electron chi connectivity index (χ4n) is 2.10. The van der Waals surface area contributed by atoms with Gasteiger partial charge in [-0.05, 0) is 18.8 Å². The van der Waals surface area contributed by atoms with Gasteiger partial charge in [0, 0.05) is 13.0 Å². The van der Waals surface area contributed by atoms with E-state index >= 15 is 0 Å². The van der Waals surface area contributed by atoms with Gasteiger partial charge in [0.2, 0.25) is 11.8 Å². The Kier molecular flexibility index (Phi) is 6.18. The minimum Gasteiger partial charge on any atom is -0.481 e. The Hall–Kier alpha value is -1.59. The molecule has 0 unspecified atom stereocenters. The summed E-state index contributed by atoms with van der Waals surface area (Å²) in [5, 5.41) is 13.4. The second kappa shape index (κ2) is 7.68. The normalized spacial score (nSPS) is 15.3. The molecule has 0 aromatic carbocycles. The molecule has 0 spiro atoms. The molecule has 18 heavy (non-hydrogen) atoms.